The van der Waals surface area contributed by atoms with E-state index in [4.69, 9.17) is 0 Å². The first kappa shape index (κ1) is 11.9. The average molecular weight is 173 g/mol. The van der Waals surface area contributed by atoms with Gasteiger partial charge in [0, 0.05) is 12.1 Å². The van der Waals surface area contributed by atoms with Crippen LogP contribution in [0.15, 0.2) is 0 Å². The highest BCUT2D eigenvalue weighted by atomic mass is 16.3. The van der Waals surface area contributed by atoms with Crippen molar-refractivity contribution in [2.45, 2.75) is 65.1 Å². The quantitative estimate of drug-likeness (QED) is 0.643. The zero-order valence-corrected chi connectivity index (χ0v) is 8.80. The van der Waals surface area contributed by atoms with E-state index in [2.05, 4.69) is 19.2 Å². The van der Waals surface area contributed by atoms with Crippen LogP contribution in [0.4, 0.5) is 0 Å². The molecule has 0 spiro atoms. The number of aliphatic hydroxyl groups is 1. The standard InChI is InChI=1S/C10H23NO/c1-5-7-10(6-2)11-8(3)9(4)12/h8-12H,5-7H2,1-4H3. The highest BCUT2D eigenvalue weighted by molar-refractivity contribution is 4.73. The van der Waals surface area contributed by atoms with E-state index in [1.807, 2.05) is 13.8 Å². The zero-order chi connectivity index (χ0) is 9.56. The van der Waals surface area contributed by atoms with Gasteiger partial charge in [-0.3, -0.25) is 0 Å². The molecule has 2 heteroatoms. The Hall–Kier alpha value is -0.0800. The Morgan fingerprint density at radius 2 is 1.83 bits per heavy atom. The van der Waals surface area contributed by atoms with Crippen LogP contribution in [0.3, 0.4) is 0 Å². The molecular weight excluding hydrogens is 150 g/mol. The molecule has 0 aromatic carbocycles. The SMILES string of the molecule is CCCC(CC)NC(C)C(C)O. The summed E-state index contributed by atoms with van der Waals surface area (Å²) >= 11 is 0. The number of hydrogen-bond donors (Lipinski definition) is 2. The molecule has 2 N–H and O–H groups in total. The van der Waals surface area contributed by atoms with Crippen molar-refractivity contribution in [2.24, 2.45) is 0 Å². The van der Waals surface area contributed by atoms with Crippen molar-refractivity contribution in [1.29, 1.82) is 0 Å². The highest BCUT2D eigenvalue weighted by Crippen LogP contribution is 2.03. The first-order valence-corrected chi connectivity index (χ1v) is 5.05. The van der Waals surface area contributed by atoms with Gasteiger partial charge in [0.25, 0.3) is 0 Å². The maximum Gasteiger partial charge on any atom is 0.0662 e. The fourth-order valence-electron chi connectivity index (χ4n) is 1.26. The summed E-state index contributed by atoms with van der Waals surface area (Å²) in [6.45, 7) is 8.23. The average Bonchev–Trinajstić information content (AvgIpc) is 2.03. The Morgan fingerprint density at radius 1 is 1.25 bits per heavy atom. The van der Waals surface area contributed by atoms with Gasteiger partial charge in [-0.1, -0.05) is 20.3 Å². The molecule has 2 nitrogen and oxygen atoms in total. The molecule has 74 valence electrons. The maximum atomic E-state index is 9.27. The van der Waals surface area contributed by atoms with Crippen LogP contribution in [0.2, 0.25) is 0 Å². The van der Waals surface area contributed by atoms with Crippen LogP contribution in [0.1, 0.15) is 47.0 Å². The van der Waals surface area contributed by atoms with Gasteiger partial charge in [-0.2, -0.15) is 0 Å². The number of hydrogen-bond acceptors (Lipinski definition) is 2. The lowest BCUT2D eigenvalue weighted by Gasteiger charge is -2.23. The molecule has 0 aromatic heterocycles. The van der Waals surface area contributed by atoms with E-state index in [1.54, 1.807) is 0 Å². The van der Waals surface area contributed by atoms with E-state index >= 15 is 0 Å². The number of rotatable bonds is 6. The molecule has 0 fully saturated rings. The summed E-state index contributed by atoms with van der Waals surface area (Å²) in [5, 5.41) is 12.7. The second kappa shape index (κ2) is 6.44. The number of nitrogens with one attached hydrogen (secondary N) is 1. The molecule has 0 saturated carbocycles. The first-order chi connectivity index (χ1) is 5.61. The third-order valence-corrected chi connectivity index (χ3v) is 2.35. The lowest BCUT2D eigenvalue weighted by Crippen LogP contribution is -2.42. The molecule has 0 rings (SSSR count). The zero-order valence-electron chi connectivity index (χ0n) is 8.80. The van der Waals surface area contributed by atoms with Gasteiger partial charge < -0.3 is 10.4 Å². The molecule has 12 heavy (non-hydrogen) atoms. The molecule has 0 radical (unpaired) electrons. The molecule has 3 unspecified atom stereocenters. The van der Waals surface area contributed by atoms with Crippen molar-refractivity contribution in [3.8, 4) is 0 Å². The van der Waals surface area contributed by atoms with E-state index in [9.17, 15) is 5.11 Å². The maximum absolute atomic E-state index is 9.27. The highest BCUT2D eigenvalue weighted by Gasteiger charge is 2.12. The van der Waals surface area contributed by atoms with Gasteiger partial charge in [-0.05, 0) is 26.7 Å². The van der Waals surface area contributed by atoms with Crippen LogP contribution < -0.4 is 5.32 Å². The molecular formula is C10H23NO. The summed E-state index contributed by atoms with van der Waals surface area (Å²) in [6, 6.07) is 0.779. The van der Waals surface area contributed by atoms with Gasteiger partial charge >= 0.3 is 0 Å². The molecule has 0 aliphatic rings. The Morgan fingerprint density at radius 3 is 2.17 bits per heavy atom. The van der Waals surface area contributed by atoms with Gasteiger partial charge in [0.2, 0.25) is 0 Å². The molecule has 0 heterocycles. The smallest absolute Gasteiger partial charge is 0.0662 e. The largest absolute Gasteiger partial charge is 0.392 e. The van der Waals surface area contributed by atoms with Gasteiger partial charge in [0.05, 0.1) is 6.10 Å². The summed E-state index contributed by atoms with van der Waals surface area (Å²) in [6.07, 6.45) is 3.30. The van der Waals surface area contributed by atoms with Crippen LogP contribution in [0.25, 0.3) is 0 Å². The fourth-order valence-corrected chi connectivity index (χ4v) is 1.26. The van der Waals surface area contributed by atoms with Crippen molar-refractivity contribution in [1.82, 2.24) is 5.32 Å². The van der Waals surface area contributed by atoms with Crippen LogP contribution >= 0.6 is 0 Å². The number of aliphatic hydroxyl groups excluding tert-OH is 1. The third-order valence-electron chi connectivity index (χ3n) is 2.35. The summed E-state index contributed by atoms with van der Waals surface area (Å²) in [4.78, 5) is 0. The Kier molecular flexibility index (Phi) is 6.39. The van der Waals surface area contributed by atoms with Gasteiger partial charge in [-0.25, -0.2) is 0 Å². The minimum Gasteiger partial charge on any atom is -0.392 e. The third kappa shape index (κ3) is 4.73. The van der Waals surface area contributed by atoms with E-state index in [0.717, 1.165) is 6.42 Å². The van der Waals surface area contributed by atoms with Crippen molar-refractivity contribution in [3.63, 3.8) is 0 Å². The Bertz CT molecular complexity index is 104. The van der Waals surface area contributed by atoms with Gasteiger partial charge in [0.1, 0.15) is 0 Å². The van der Waals surface area contributed by atoms with Crippen LogP contribution in [-0.4, -0.2) is 23.3 Å². The lowest BCUT2D eigenvalue weighted by molar-refractivity contribution is 0.144. The van der Waals surface area contributed by atoms with Gasteiger partial charge in [-0.15, -0.1) is 0 Å². The van der Waals surface area contributed by atoms with Crippen LogP contribution in [0.5, 0.6) is 0 Å². The van der Waals surface area contributed by atoms with Crippen molar-refractivity contribution >= 4 is 0 Å². The summed E-state index contributed by atoms with van der Waals surface area (Å²) in [5.41, 5.74) is 0. The van der Waals surface area contributed by atoms with E-state index in [0.29, 0.717) is 6.04 Å². The van der Waals surface area contributed by atoms with Gasteiger partial charge in [0.15, 0.2) is 0 Å². The summed E-state index contributed by atoms with van der Waals surface area (Å²) in [5.74, 6) is 0. The monoisotopic (exact) mass is 173 g/mol. The lowest BCUT2D eigenvalue weighted by atomic mass is 10.1. The van der Waals surface area contributed by atoms with E-state index in [1.165, 1.54) is 12.8 Å². The van der Waals surface area contributed by atoms with Crippen molar-refractivity contribution in [2.75, 3.05) is 0 Å². The van der Waals surface area contributed by atoms with Crippen molar-refractivity contribution in [3.05, 3.63) is 0 Å². The summed E-state index contributed by atoms with van der Waals surface area (Å²) < 4.78 is 0. The van der Waals surface area contributed by atoms with E-state index in [-0.39, 0.29) is 12.1 Å². The molecule has 0 aliphatic carbocycles. The van der Waals surface area contributed by atoms with Crippen molar-refractivity contribution < 1.29 is 5.11 Å². The second-order valence-electron chi connectivity index (χ2n) is 3.59. The molecule has 0 bridgehead atoms. The Balaban J connectivity index is 3.68. The normalized spacial score (nSPS) is 18.8. The predicted molar refractivity (Wildman–Crippen MR) is 53.3 cm³/mol. The van der Waals surface area contributed by atoms with E-state index < -0.39 is 0 Å². The summed E-state index contributed by atoms with van der Waals surface area (Å²) in [7, 11) is 0. The first-order valence-electron chi connectivity index (χ1n) is 5.05. The topological polar surface area (TPSA) is 32.3 Å². The molecule has 3 atom stereocenters. The van der Waals surface area contributed by atoms with Crippen LogP contribution in [0, 0.1) is 0 Å². The molecule has 0 saturated heterocycles. The Labute approximate surface area is 76.4 Å². The minimum absolute atomic E-state index is 0.210. The van der Waals surface area contributed by atoms with Crippen LogP contribution in [-0.2, 0) is 0 Å². The molecule has 0 amide bonds. The predicted octanol–water partition coefficient (Wildman–Crippen LogP) is 1.92. The molecule has 0 aromatic rings. The minimum atomic E-state index is -0.254. The fraction of sp³-hybridized carbons (Fsp3) is 1.00. The molecule has 0 aliphatic heterocycles. The second-order valence-corrected chi connectivity index (χ2v) is 3.59.